The molecule has 0 fully saturated rings. The van der Waals surface area contributed by atoms with Crippen molar-refractivity contribution in [3.63, 3.8) is 0 Å². The summed E-state index contributed by atoms with van der Waals surface area (Å²) in [7, 11) is 0. The van der Waals surface area contributed by atoms with Crippen LogP contribution >= 0.6 is 0 Å². The van der Waals surface area contributed by atoms with Crippen LogP contribution in [0.1, 0.15) is 11.1 Å². The SMILES string of the molecule is Cc1cc(-n2cncn2)ccc1[N+](=O)[O-].Cc1cc(F)ccc1[N+](=O)[O-]. The zero-order valence-corrected chi connectivity index (χ0v) is 13.9. The second-order valence-electron chi connectivity index (χ2n) is 5.26. The third-order valence-electron chi connectivity index (χ3n) is 3.42. The van der Waals surface area contributed by atoms with Crippen LogP contribution in [0.4, 0.5) is 15.8 Å². The van der Waals surface area contributed by atoms with E-state index in [1.807, 2.05) is 0 Å². The molecule has 0 aliphatic rings. The highest BCUT2D eigenvalue weighted by molar-refractivity contribution is 5.47. The molecular weight excluding hydrogens is 345 g/mol. The fraction of sp³-hybridized carbons (Fsp3) is 0.125. The average molecular weight is 359 g/mol. The highest BCUT2D eigenvalue weighted by Gasteiger charge is 2.11. The van der Waals surface area contributed by atoms with E-state index in [1.54, 1.807) is 30.1 Å². The van der Waals surface area contributed by atoms with Gasteiger partial charge in [0.25, 0.3) is 11.4 Å². The number of nitrogens with zero attached hydrogens (tertiary/aromatic N) is 5. The Labute approximate surface area is 147 Å². The Morgan fingerprint density at radius 1 is 0.962 bits per heavy atom. The number of rotatable bonds is 3. The summed E-state index contributed by atoms with van der Waals surface area (Å²) in [5.41, 5.74) is 1.77. The molecule has 134 valence electrons. The summed E-state index contributed by atoms with van der Waals surface area (Å²) in [6, 6.07) is 8.17. The third kappa shape index (κ3) is 4.44. The molecule has 10 heteroatoms. The van der Waals surface area contributed by atoms with Gasteiger partial charge in [-0.25, -0.2) is 14.1 Å². The molecule has 0 saturated heterocycles. The van der Waals surface area contributed by atoms with Crippen LogP contribution in [0.15, 0.2) is 49.1 Å². The minimum Gasteiger partial charge on any atom is -0.258 e. The molecule has 2 aromatic carbocycles. The zero-order chi connectivity index (χ0) is 19.3. The molecule has 26 heavy (non-hydrogen) atoms. The smallest absolute Gasteiger partial charge is 0.258 e. The molecule has 9 nitrogen and oxygen atoms in total. The Hall–Kier alpha value is -3.69. The summed E-state index contributed by atoms with van der Waals surface area (Å²) in [6.45, 7) is 3.19. The fourth-order valence-corrected chi connectivity index (χ4v) is 2.15. The number of nitro groups is 2. The van der Waals surface area contributed by atoms with E-state index in [0.717, 1.165) is 23.9 Å². The van der Waals surface area contributed by atoms with Gasteiger partial charge in [0.1, 0.15) is 18.5 Å². The molecule has 0 bridgehead atoms. The summed E-state index contributed by atoms with van der Waals surface area (Å²) < 4.78 is 13.9. The number of aryl methyl sites for hydroxylation is 2. The highest BCUT2D eigenvalue weighted by atomic mass is 19.1. The molecule has 0 radical (unpaired) electrons. The molecule has 0 unspecified atom stereocenters. The molecule has 0 aliphatic heterocycles. The van der Waals surface area contributed by atoms with Crippen molar-refractivity contribution in [3.8, 4) is 5.69 Å². The van der Waals surface area contributed by atoms with Gasteiger partial charge < -0.3 is 0 Å². The summed E-state index contributed by atoms with van der Waals surface area (Å²) in [4.78, 5) is 23.7. The van der Waals surface area contributed by atoms with E-state index in [2.05, 4.69) is 10.1 Å². The topological polar surface area (TPSA) is 117 Å². The van der Waals surface area contributed by atoms with Gasteiger partial charge in [0.15, 0.2) is 0 Å². The maximum atomic E-state index is 12.4. The first-order valence-electron chi connectivity index (χ1n) is 7.30. The van der Waals surface area contributed by atoms with Crippen LogP contribution in [-0.4, -0.2) is 24.6 Å². The Bertz CT molecular complexity index is 944. The maximum absolute atomic E-state index is 12.4. The number of aromatic nitrogens is 3. The molecule has 3 rings (SSSR count). The van der Waals surface area contributed by atoms with Crippen molar-refractivity contribution in [1.82, 2.24) is 14.8 Å². The van der Waals surface area contributed by atoms with Crippen LogP contribution in [0.25, 0.3) is 5.69 Å². The molecule has 1 aromatic heterocycles. The van der Waals surface area contributed by atoms with Crippen molar-refractivity contribution in [3.05, 3.63) is 86.2 Å². The van der Waals surface area contributed by atoms with Crippen LogP contribution < -0.4 is 0 Å². The van der Waals surface area contributed by atoms with Gasteiger partial charge >= 0.3 is 0 Å². The number of hydrogen-bond donors (Lipinski definition) is 0. The monoisotopic (exact) mass is 359 g/mol. The number of benzene rings is 2. The van der Waals surface area contributed by atoms with Crippen LogP contribution in [0.2, 0.25) is 0 Å². The Morgan fingerprint density at radius 2 is 1.54 bits per heavy atom. The molecule has 0 amide bonds. The van der Waals surface area contributed by atoms with Gasteiger partial charge in [-0.2, -0.15) is 5.10 Å². The average Bonchev–Trinajstić information content (AvgIpc) is 3.09. The van der Waals surface area contributed by atoms with E-state index < -0.39 is 15.7 Å². The number of halogens is 1. The quantitative estimate of drug-likeness (QED) is 0.521. The van der Waals surface area contributed by atoms with Crippen molar-refractivity contribution in [2.45, 2.75) is 13.8 Å². The maximum Gasteiger partial charge on any atom is 0.272 e. The summed E-state index contributed by atoms with van der Waals surface area (Å²) >= 11 is 0. The van der Waals surface area contributed by atoms with Crippen molar-refractivity contribution in [2.24, 2.45) is 0 Å². The Kier molecular flexibility index (Phi) is 5.68. The lowest BCUT2D eigenvalue weighted by molar-refractivity contribution is -0.385. The van der Waals surface area contributed by atoms with Gasteiger partial charge in [-0.3, -0.25) is 20.2 Å². The molecule has 0 aliphatic carbocycles. The first-order chi connectivity index (χ1) is 12.3. The zero-order valence-electron chi connectivity index (χ0n) is 13.9. The minimum atomic E-state index is -0.533. The third-order valence-corrected chi connectivity index (χ3v) is 3.42. The van der Waals surface area contributed by atoms with Crippen LogP contribution in [0.5, 0.6) is 0 Å². The van der Waals surface area contributed by atoms with Gasteiger partial charge in [0.05, 0.1) is 15.5 Å². The van der Waals surface area contributed by atoms with E-state index in [9.17, 15) is 24.6 Å². The second-order valence-corrected chi connectivity index (χ2v) is 5.26. The molecule has 0 atom stereocenters. The first-order valence-corrected chi connectivity index (χ1v) is 7.30. The van der Waals surface area contributed by atoms with Gasteiger partial charge in [-0.1, -0.05) is 0 Å². The summed E-state index contributed by atoms with van der Waals surface area (Å²) in [5.74, 6) is -0.451. The lowest BCUT2D eigenvalue weighted by atomic mass is 10.2. The van der Waals surface area contributed by atoms with E-state index in [0.29, 0.717) is 11.1 Å². The van der Waals surface area contributed by atoms with Gasteiger partial charge in [0, 0.05) is 23.3 Å². The molecule has 0 saturated carbocycles. The first kappa shape index (κ1) is 18.6. The molecular formula is C16H14FN5O4. The van der Waals surface area contributed by atoms with E-state index in [4.69, 9.17) is 0 Å². The van der Waals surface area contributed by atoms with Crippen molar-refractivity contribution in [2.75, 3.05) is 0 Å². The molecule has 0 spiro atoms. The van der Waals surface area contributed by atoms with Crippen molar-refractivity contribution in [1.29, 1.82) is 0 Å². The number of nitro benzene ring substituents is 2. The van der Waals surface area contributed by atoms with Crippen molar-refractivity contribution < 1.29 is 14.2 Å². The number of hydrogen-bond acceptors (Lipinski definition) is 6. The van der Waals surface area contributed by atoms with E-state index in [-0.39, 0.29) is 11.4 Å². The second kappa shape index (κ2) is 7.92. The van der Waals surface area contributed by atoms with Crippen LogP contribution in [0, 0.1) is 39.9 Å². The van der Waals surface area contributed by atoms with E-state index >= 15 is 0 Å². The largest absolute Gasteiger partial charge is 0.272 e. The molecule has 0 N–H and O–H groups in total. The van der Waals surface area contributed by atoms with E-state index in [1.165, 1.54) is 19.3 Å². The van der Waals surface area contributed by atoms with Gasteiger partial charge in [0.2, 0.25) is 0 Å². The normalized spacial score (nSPS) is 9.96. The fourth-order valence-electron chi connectivity index (χ4n) is 2.15. The highest BCUT2D eigenvalue weighted by Crippen LogP contribution is 2.20. The predicted octanol–water partition coefficient (Wildman–Crippen LogP) is 3.53. The minimum absolute atomic E-state index is 0.0496. The Balaban J connectivity index is 0.000000197. The van der Waals surface area contributed by atoms with Crippen LogP contribution in [0.3, 0.4) is 0 Å². The molecule has 1 heterocycles. The van der Waals surface area contributed by atoms with Crippen LogP contribution in [-0.2, 0) is 0 Å². The van der Waals surface area contributed by atoms with Crippen molar-refractivity contribution >= 4 is 11.4 Å². The van der Waals surface area contributed by atoms with Gasteiger partial charge in [-0.15, -0.1) is 0 Å². The van der Waals surface area contributed by atoms with Gasteiger partial charge in [-0.05, 0) is 38.1 Å². The molecule has 3 aromatic rings. The standard InChI is InChI=1S/C9H8N4O2.C7H6FNO2/c1-7-4-8(12-6-10-5-11-12)2-3-9(7)13(14)15;1-5-4-6(8)2-3-7(5)9(10)11/h2-6H,1H3;2-4H,1H3. The predicted molar refractivity (Wildman–Crippen MR) is 90.5 cm³/mol. The summed E-state index contributed by atoms with van der Waals surface area (Å²) in [6.07, 6.45) is 2.96. The lowest BCUT2D eigenvalue weighted by Crippen LogP contribution is -1.97. The lowest BCUT2D eigenvalue weighted by Gasteiger charge is -2.01. The Morgan fingerprint density at radius 3 is 2.00 bits per heavy atom. The summed E-state index contributed by atoms with van der Waals surface area (Å²) in [5, 5.41) is 24.7.